The summed E-state index contributed by atoms with van der Waals surface area (Å²) < 4.78 is 39.1. The van der Waals surface area contributed by atoms with Crippen molar-refractivity contribution in [3.05, 3.63) is 23.8 Å². The molecule has 0 spiro atoms. The molecule has 2 N–H and O–H groups in total. The molecule has 1 atom stereocenters. The van der Waals surface area contributed by atoms with E-state index >= 15 is 0 Å². The van der Waals surface area contributed by atoms with E-state index in [1.165, 1.54) is 12.1 Å². The number of anilines is 1. The molecular weight excluding hydrogens is 259 g/mol. The first kappa shape index (κ1) is 14.0. The minimum Gasteiger partial charge on any atom is -0.507 e. The lowest BCUT2D eigenvalue weighted by Gasteiger charge is -2.29. The molecule has 1 unspecified atom stereocenters. The zero-order valence-electron chi connectivity index (χ0n) is 10.3. The van der Waals surface area contributed by atoms with Crippen molar-refractivity contribution in [2.24, 2.45) is 0 Å². The molecule has 1 fully saturated rings. The van der Waals surface area contributed by atoms with E-state index in [0.717, 1.165) is 18.9 Å². The Hall–Kier alpha value is -1.43. The SMILES string of the molecule is OCCC1CCCN1c1cccc(O)c1C(F)(F)F. The van der Waals surface area contributed by atoms with Crippen LogP contribution >= 0.6 is 0 Å². The van der Waals surface area contributed by atoms with Gasteiger partial charge in [-0.25, -0.2) is 0 Å². The molecule has 0 aromatic heterocycles. The van der Waals surface area contributed by atoms with E-state index in [9.17, 15) is 18.3 Å². The maximum absolute atomic E-state index is 13.0. The van der Waals surface area contributed by atoms with E-state index in [-0.39, 0.29) is 18.3 Å². The monoisotopic (exact) mass is 275 g/mol. The number of phenolic OH excluding ortho intramolecular Hbond substituents is 1. The van der Waals surface area contributed by atoms with Crippen molar-refractivity contribution >= 4 is 5.69 Å². The van der Waals surface area contributed by atoms with Crippen molar-refractivity contribution in [1.82, 2.24) is 0 Å². The van der Waals surface area contributed by atoms with Gasteiger partial charge < -0.3 is 15.1 Å². The summed E-state index contributed by atoms with van der Waals surface area (Å²) in [6, 6.07) is 3.73. The van der Waals surface area contributed by atoms with Crippen LogP contribution in [0.5, 0.6) is 5.75 Å². The van der Waals surface area contributed by atoms with Crippen molar-refractivity contribution in [3.8, 4) is 5.75 Å². The molecule has 0 saturated carbocycles. The van der Waals surface area contributed by atoms with Gasteiger partial charge in [0.25, 0.3) is 0 Å². The van der Waals surface area contributed by atoms with Gasteiger partial charge in [-0.2, -0.15) is 13.2 Å². The Morgan fingerprint density at radius 2 is 2.05 bits per heavy atom. The first-order chi connectivity index (χ1) is 8.95. The molecular formula is C13H16F3NO2. The van der Waals surface area contributed by atoms with Crippen LogP contribution in [0.3, 0.4) is 0 Å². The van der Waals surface area contributed by atoms with Gasteiger partial charge in [0.1, 0.15) is 11.3 Å². The number of rotatable bonds is 3. The van der Waals surface area contributed by atoms with Gasteiger partial charge in [-0.1, -0.05) is 6.07 Å². The van der Waals surface area contributed by atoms with Gasteiger partial charge in [-0.3, -0.25) is 0 Å². The van der Waals surface area contributed by atoms with E-state index < -0.39 is 17.5 Å². The summed E-state index contributed by atoms with van der Waals surface area (Å²) in [5.41, 5.74) is -0.983. The van der Waals surface area contributed by atoms with Gasteiger partial charge in [0, 0.05) is 19.2 Å². The second-order valence-electron chi connectivity index (χ2n) is 4.67. The molecule has 1 aromatic rings. The van der Waals surface area contributed by atoms with E-state index in [0.29, 0.717) is 13.0 Å². The van der Waals surface area contributed by atoms with Gasteiger partial charge in [0.05, 0.1) is 5.69 Å². The lowest BCUT2D eigenvalue weighted by molar-refractivity contribution is -0.138. The quantitative estimate of drug-likeness (QED) is 0.891. The first-order valence-corrected chi connectivity index (χ1v) is 6.22. The second-order valence-corrected chi connectivity index (χ2v) is 4.67. The molecule has 106 valence electrons. The fourth-order valence-corrected chi connectivity index (χ4v) is 2.66. The predicted octanol–water partition coefficient (Wildman–Crippen LogP) is 2.76. The third-order valence-corrected chi connectivity index (χ3v) is 3.45. The van der Waals surface area contributed by atoms with Crippen LogP contribution in [-0.2, 0) is 6.18 Å². The van der Waals surface area contributed by atoms with Crippen molar-refractivity contribution in [2.45, 2.75) is 31.5 Å². The lowest BCUT2D eigenvalue weighted by Crippen LogP contribution is -2.31. The van der Waals surface area contributed by atoms with Gasteiger partial charge in [-0.05, 0) is 31.4 Å². The largest absolute Gasteiger partial charge is 0.507 e. The van der Waals surface area contributed by atoms with Crippen molar-refractivity contribution in [1.29, 1.82) is 0 Å². The number of aromatic hydroxyl groups is 1. The summed E-state index contributed by atoms with van der Waals surface area (Å²) in [7, 11) is 0. The average molecular weight is 275 g/mol. The minimum atomic E-state index is -4.59. The zero-order valence-corrected chi connectivity index (χ0v) is 10.3. The van der Waals surface area contributed by atoms with E-state index in [1.54, 1.807) is 4.90 Å². The third kappa shape index (κ3) is 2.78. The molecule has 1 aliphatic rings. The number of alkyl halides is 3. The Bertz CT molecular complexity index is 448. The molecule has 1 saturated heterocycles. The van der Waals surface area contributed by atoms with Crippen LogP contribution in [0.25, 0.3) is 0 Å². The van der Waals surface area contributed by atoms with Crippen LogP contribution in [0, 0.1) is 0 Å². The smallest absolute Gasteiger partial charge is 0.421 e. The summed E-state index contributed by atoms with van der Waals surface area (Å²) in [6.07, 6.45) is -2.61. The van der Waals surface area contributed by atoms with Crippen LogP contribution in [0.1, 0.15) is 24.8 Å². The average Bonchev–Trinajstić information content (AvgIpc) is 2.75. The van der Waals surface area contributed by atoms with E-state index in [1.807, 2.05) is 0 Å². The highest BCUT2D eigenvalue weighted by atomic mass is 19.4. The molecule has 0 amide bonds. The van der Waals surface area contributed by atoms with Gasteiger partial charge in [-0.15, -0.1) is 0 Å². The van der Waals surface area contributed by atoms with Crippen LogP contribution in [0.15, 0.2) is 18.2 Å². The summed E-state index contributed by atoms with van der Waals surface area (Å²) >= 11 is 0. The first-order valence-electron chi connectivity index (χ1n) is 6.22. The van der Waals surface area contributed by atoms with Gasteiger partial charge >= 0.3 is 6.18 Å². The molecule has 0 bridgehead atoms. The minimum absolute atomic E-state index is 0.00319. The standard InChI is InChI=1S/C13H16F3NO2/c14-13(15,16)12-10(4-1-5-11(12)19)17-7-2-3-9(17)6-8-18/h1,4-5,9,18-19H,2-3,6-8H2. The number of hydrogen-bond acceptors (Lipinski definition) is 3. The molecule has 3 nitrogen and oxygen atoms in total. The topological polar surface area (TPSA) is 43.7 Å². The number of benzene rings is 1. The summed E-state index contributed by atoms with van der Waals surface area (Å²) in [4.78, 5) is 1.64. The highest BCUT2D eigenvalue weighted by molar-refractivity contribution is 5.61. The Kier molecular flexibility index (Phi) is 3.89. The highest BCUT2D eigenvalue weighted by Crippen LogP contribution is 2.44. The maximum atomic E-state index is 13.0. The Morgan fingerprint density at radius 3 is 2.68 bits per heavy atom. The van der Waals surface area contributed by atoms with E-state index in [4.69, 9.17) is 5.11 Å². The number of nitrogens with zero attached hydrogens (tertiary/aromatic N) is 1. The number of aliphatic hydroxyl groups is 1. The van der Waals surface area contributed by atoms with Crippen LogP contribution in [0.4, 0.5) is 18.9 Å². The van der Waals surface area contributed by atoms with E-state index in [2.05, 4.69) is 0 Å². The van der Waals surface area contributed by atoms with Crippen LogP contribution < -0.4 is 4.90 Å². The zero-order chi connectivity index (χ0) is 14.0. The van der Waals surface area contributed by atoms with Crippen molar-refractivity contribution in [2.75, 3.05) is 18.1 Å². The van der Waals surface area contributed by atoms with Crippen LogP contribution in [0.2, 0.25) is 0 Å². The lowest BCUT2D eigenvalue weighted by atomic mass is 10.1. The molecule has 2 rings (SSSR count). The van der Waals surface area contributed by atoms with Gasteiger partial charge in [0.2, 0.25) is 0 Å². The van der Waals surface area contributed by atoms with Gasteiger partial charge in [0.15, 0.2) is 0 Å². The summed E-state index contributed by atoms with van der Waals surface area (Å²) in [5, 5.41) is 18.5. The molecule has 1 aromatic carbocycles. The van der Waals surface area contributed by atoms with Crippen molar-refractivity contribution in [3.63, 3.8) is 0 Å². The predicted molar refractivity (Wildman–Crippen MR) is 65.2 cm³/mol. The summed E-state index contributed by atoms with van der Waals surface area (Å²) in [6.45, 7) is 0.457. The number of hydrogen-bond donors (Lipinski definition) is 2. The highest BCUT2D eigenvalue weighted by Gasteiger charge is 2.39. The fraction of sp³-hybridized carbons (Fsp3) is 0.538. The Balaban J connectivity index is 2.42. The van der Waals surface area contributed by atoms with Crippen LogP contribution in [-0.4, -0.2) is 29.4 Å². The molecule has 19 heavy (non-hydrogen) atoms. The fourth-order valence-electron chi connectivity index (χ4n) is 2.66. The normalized spacial score (nSPS) is 20.0. The molecule has 0 aliphatic carbocycles. The summed E-state index contributed by atoms with van der Waals surface area (Å²) in [5.74, 6) is -0.750. The molecule has 1 aliphatic heterocycles. The number of phenols is 1. The molecule has 1 heterocycles. The molecule has 0 radical (unpaired) electrons. The number of halogens is 3. The second kappa shape index (κ2) is 5.28. The van der Waals surface area contributed by atoms with Crippen molar-refractivity contribution < 1.29 is 23.4 Å². The Labute approximate surface area is 109 Å². The maximum Gasteiger partial charge on any atom is 0.421 e. The molecule has 6 heteroatoms. The third-order valence-electron chi connectivity index (χ3n) is 3.45. The number of aliphatic hydroxyl groups excluding tert-OH is 1. The Morgan fingerprint density at radius 1 is 1.32 bits per heavy atom.